The first-order valence-electron chi connectivity index (χ1n) is 13.6. The summed E-state index contributed by atoms with van der Waals surface area (Å²) in [5.74, 6) is 0.662. The van der Waals surface area contributed by atoms with Crippen molar-refractivity contribution in [3.63, 3.8) is 0 Å². The number of benzene rings is 2. The Morgan fingerprint density at radius 2 is 1.87 bits per heavy atom. The van der Waals surface area contributed by atoms with E-state index >= 15 is 0 Å². The zero-order chi connectivity index (χ0) is 26.0. The number of nitrogens with zero attached hydrogens (tertiary/aromatic N) is 3. The minimum Gasteiger partial charge on any atom is -0.478 e. The Morgan fingerprint density at radius 3 is 2.58 bits per heavy atom. The molecule has 38 heavy (non-hydrogen) atoms. The summed E-state index contributed by atoms with van der Waals surface area (Å²) >= 11 is 0. The minimum absolute atomic E-state index is 0.223. The fourth-order valence-corrected chi connectivity index (χ4v) is 6.45. The number of carbonyl (C=O) groups is 1. The van der Waals surface area contributed by atoms with Crippen LogP contribution in [0.4, 0.5) is 5.69 Å². The predicted octanol–water partition coefficient (Wildman–Crippen LogP) is 7.16. The summed E-state index contributed by atoms with van der Waals surface area (Å²) in [5.41, 5.74) is 9.72. The number of anilines is 1. The Hall–Kier alpha value is -3.93. The Labute approximate surface area is 222 Å². The van der Waals surface area contributed by atoms with Crippen LogP contribution in [0.1, 0.15) is 70.8 Å². The van der Waals surface area contributed by atoms with E-state index in [1.54, 1.807) is 6.07 Å². The van der Waals surface area contributed by atoms with Crippen LogP contribution in [-0.2, 0) is 0 Å². The fraction of sp³-hybridized carbons (Fsp3) is 0.344. The quantitative estimate of drug-likeness (QED) is 0.310. The molecular formula is C32H31N3O3. The topological polar surface area (TPSA) is 79.5 Å². The van der Waals surface area contributed by atoms with Crippen molar-refractivity contribution in [2.75, 3.05) is 18.0 Å². The van der Waals surface area contributed by atoms with E-state index in [4.69, 9.17) is 4.52 Å². The molecule has 2 aromatic carbocycles. The van der Waals surface area contributed by atoms with E-state index in [0.29, 0.717) is 5.92 Å². The largest absolute Gasteiger partial charge is 0.478 e. The summed E-state index contributed by atoms with van der Waals surface area (Å²) in [5, 5.41) is 14.8. The molecule has 0 atom stereocenters. The van der Waals surface area contributed by atoms with Crippen molar-refractivity contribution in [2.45, 2.75) is 51.9 Å². The second kappa shape index (κ2) is 8.55. The number of hydrogen-bond acceptors (Lipinski definition) is 5. The highest BCUT2D eigenvalue weighted by Crippen LogP contribution is 2.56. The van der Waals surface area contributed by atoms with Crippen LogP contribution in [-0.4, -0.2) is 34.3 Å². The second-order valence-electron chi connectivity index (χ2n) is 11.4. The summed E-state index contributed by atoms with van der Waals surface area (Å²) < 4.78 is 5.97. The summed E-state index contributed by atoms with van der Waals surface area (Å²) in [7, 11) is 0. The molecule has 1 saturated carbocycles. The van der Waals surface area contributed by atoms with Gasteiger partial charge in [0.2, 0.25) is 0 Å². The summed E-state index contributed by atoms with van der Waals surface area (Å²) in [6.45, 7) is 6.22. The number of piperidine rings is 1. The molecule has 2 aromatic heterocycles. The Bertz CT molecular complexity index is 1620. The van der Waals surface area contributed by atoms with Gasteiger partial charge in [-0.25, -0.2) is 4.79 Å². The van der Waals surface area contributed by atoms with E-state index < -0.39 is 5.97 Å². The predicted molar refractivity (Wildman–Crippen MR) is 149 cm³/mol. The maximum atomic E-state index is 11.3. The van der Waals surface area contributed by atoms with Crippen molar-refractivity contribution in [1.82, 2.24) is 10.1 Å². The third-order valence-electron chi connectivity index (χ3n) is 8.84. The molecule has 3 aliphatic rings. The molecule has 0 amide bonds. The molecule has 6 nitrogen and oxygen atoms in total. The molecule has 3 heterocycles. The first-order chi connectivity index (χ1) is 18.4. The van der Waals surface area contributed by atoms with Gasteiger partial charge >= 0.3 is 5.97 Å². The van der Waals surface area contributed by atoms with Gasteiger partial charge in [0.25, 0.3) is 0 Å². The average Bonchev–Trinajstić information content (AvgIpc) is 3.66. The van der Waals surface area contributed by atoms with Gasteiger partial charge < -0.3 is 14.5 Å². The van der Waals surface area contributed by atoms with Gasteiger partial charge in [0, 0.05) is 47.4 Å². The summed E-state index contributed by atoms with van der Waals surface area (Å²) in [6.07, 6.45) is 9.68. The highest BCUT2D eigenvalue weighted by Gasteiger charge is 2.44. The van der Waals surface area contributed by atoms with Crippen LogP contribution in [0.2, 0.25) is 0 Å². The van der Waals surface area contributed by atoms with Gasteiger partial charge in [0.1, 0.15) is 11.5 Å². The number of hydrogen-bond donors (Lipinski definition) is 1. The standard InChI is InChI=1S/C32H31N3O3/c1-19-5-3-4-6-25(19)29-27(30(38-34-29)21-7-8-21)24-16-32(17-24)11-13-35(14-12-32)26-10-9-22-15-23(31(36)37)18-33-28(22)20(26)2/h3-6,9-10,15-16,18,21H,7-8,11-14,17H2,1-2H3,(H,36,37). The zero-order valence-electron chi connectivity index (χ0n) is 21.8. The van der Waals surface area contributed by atoms with E-state index in [1.165, 1.54) is 47.0 Å². The molecular weight excluding hydrogens is 474 g/mol. The van der Waals surface area contributed by atoms with Crippen molar-refractivity contribution in [3.05, 3.63) is 82.8 Å². The van der Waals surface area contributed by atoms with Crippen LogP contribution in [0.15, 0.2) is 59.3 Å². The summed E-state index contributed by atoms with van der Waals surface area (Å²) in [6, 6.07) is 14.3. The molecule has 2 aliphatic carbocycles. The number of aryl methyl sites for hydroxylation is 2. The Morgan fingerprint density at radius 1 is 1.11 bits per heavy atom. The highest BCUT2D eigenvalue weighted by molar-refractivity contribution is 5.94. The maximum absolute atomic E-state index is 11.3. The molecule has 1 aliphatic heterocycles. The number of rotatable bonds is 5. The molecule has 1 spiro atoms. The van der Waals surface area contributed by atoms with E-state index in [9.17, 15) is 9.90 Å². The van der Waals surface area contributed by atoms with Crippen LogP contribution in [0.25, 0.3) is 27.7 Å². The molecule has 1 N–H and O–H groups in total. The number of carboxylic acid groups (broad SMARTS) is 1. The van der Waals surface area contributed by atoms with Crippen LogP contribution in [0, 0.1) is 19.3 Å². The van der Waals surface area contributed by atoms with Crippen molar-refractivity contribution in [2.24, 2.45) is 5.41 Å². The van der Waals surface area contributed by atoms with Crippen LogP contribution in [0.3, 0.4) is 0 Å². The number of allylic oxidation sites excluding steroid dienone is 2. The lowest BCUT2D eigenvalue weighted by Crippen LogP contribution is -2.42. The third kappa shape index (κ3) is 3.73. The molecule has 6 heteroatoms. The van der Waals surface area contributed by atoms with Gasteiger partial charge in [0.15, 0.2) is 0 Å². The lowest BCUT2D eigenvalue weighted by molar-refractivity contribution is 0.0696. The lowest BCUT2D eigenvalue weighted by Gasteiger charge is -2.47. The number of aromatic nitrogens is 2. The molecule has 0 unspecified atom stereocenters. The average molecular weight is 506 g/mol. The van der Waals surface area contributed by atoms with Gasteiger partial charge in [-0.2, -0.15) is 0 Å². The SMILES string of the molecule is Cc1ccccc1-c1noc(C2CC2)c1C1=CC2(CCN(c3ccc4cc(C(=O)O)cnc4c3C)CC2)C1. The molecule has 2 fully saturated rings. The Balaban J connectivity index is 1.13. The van der Waals surface area contributed by atoms with E-state index in [2.05, 4.69) is 65.3 Å². The number of carboxylic acids is 1. The first kappa shape index (κ1) is 23.2. The minimum atomic E-state index is -0.947. The molecule has 4 aromatic rings. The fourth-order valence-electron chi connectivity index (χ4n) is 6.45. The molecule has 192 valence electrons. The number of pyridine rings is 1. The Kier molecular flexibility index (Phi) is 5.22. The van der Waals surface area contributed by atoms with Gasteiger partial charge in [0.05, 0.1) is 11.1 Å². The van der Waals surface area contributed by atoms with Crippen LogP contribution >= 0.6 is 0 Å². The van der Waals surface area contributed by atoms with Crippen molar-refractivity contribution in [3.8, 4) is 11.3 Å². The normalized spacial score (nSPS) is 18.5. The maximum Gasteiger partial charge on any atom is 0.337 e. The molecule has 7 rings (SSSR count). The van der Waals surface area contributed by atoms with Crippen molar-refractivity contribution >= 4 is 28.1 Å². The lowest BCUT2D eigenvalue weighted by atomic mass is 9.63. The second-order valence-corrected chi connectivity index (χ2v) is 11.4. The zero-order valence-corrected chi connectivity index (χ0v) is 21.8. The summed E-state index contributed by atoms with van der Waals surface area (Å²) in [4.78, 5) is 18.3. The van der Waals surface area contributed by atoms with Gasteiger partial charge in [-0.15, -0.1) is 0 Å². The number of fused-ring (bicyclic) bond motifs is 1. The van der Waals surface area contributed by atoms with Gasteiger partial charge in [-0.3, -0.25) is 4.98 Å². The number of aromatic carboxylic acids is 1. The van der Waals surface area contributed by atoms with Crippen molar-refractivity contribution < 1.29 is 14.4 Å². The monoisotopic (exact) mass is 505 g/mol. The molecule has 0 radical (unpaired) electrons. The van der Waals surface area contributed by atoms with Gasteiger partial charge in [-0.1, -0.05) is 41.6 Å². The van der Waals surface area contributed by atoms with Crippen LogP contribution in [0.5, 0.6) is 0 Å². The smallest absolute Gasteiger partial charge is 0.337 e. The van der Waals surface area contributed by atoms with E-state index in [0.717, 1.165) is 60.3 Å². The van der Waals surface area contributed by atoms with E-state index in [-0.39, 0.29) is 11.0 Å². The molecule has 0 bridgehead atoms. The first-order valence-corrected chi connectivity index (χ1v) is 13.6. The van der Waals surface area contributed by atoms with E-state index in [1.807, 2.05) is 6.07 Å². The van der Waals surface area contributed by atoms with Crippen LogP contribution < -0.4 is 4.90 Å². The third-order valence-corrected chi connectivity index (χ3v) is 8.84. The van der Waals surface area contributed by atoms with Gasteiger partial charge in [-0.05, 0) is 80.2 Å². The molecule has 1 saturated heterocycles. The highest BCUT2D eigenvalue weighted by atomic mass is 16.5. The van der Waals surface area contributed by atoms with Crippen molar-refractivity contribution in [1.29, 1.82) is 0 Å².